The molecule has 1 aromatic heterocycles. The van der Waals surface area contributed by atoms with Crippen LogP contribution in [-0.2, 0) is 11.2 Å². The molecule has 0 radical (unpaired) electrons. The van der Waals surface area contributed by atoms with Gasteiger partial charge in [0.15, 0.2) is 0 Å². The molecule has 1 amide bonds. The summed E-state index contributed by atoms with van der Waals surface area (Å²) < 4.78 is 5.56. The van der Waals surface area contributed by atoms with E-state index in [1.807, 2.05) is 30.3 Å². The minimum absolute atomic E-state index is 0.163. The van der Waals surface area contributed by atoms with Crippen LogP contribution >= 0.6 is 11.8 Å². The SMILES string of the molecule is N#CC1(NC(=O)CSc2nnc(Cc3ccccc3)o2)CCCC1. The van der Waals surface area contributed by atoms with Gasteiger partial charge in [-0.05, 0) is 31.2 Å². The van der Waals surface area contributed by atoms with E-state index in [2.05, 4.69) is 21.6 Å². The highest BCUT2D eigenvalue weighted by Crippen LogP contribution is 2.29. The maximum Gasteiger partial charge on any atom is 0.277 e. The average molecular weight is 342 g/mol. The molecule has 1 aliphatic carbocycles. The van der Waals surface area contributed by atoms with Crippen molar-refractivity contribution in [1.82, 2.24) is 15.5 Å². The van der Waals surface area contributed by atoms with E-state index in [1.54, 1.807) is 0 Å². The van der Waals surface area contributed by atoms with Crippen LogP contribution in [0.2, 0.25) is 0 Å². The van der Waals surface area contributed by atoms with E-state index in [-0.39, 0.29) is 11.7 Å². The largest absolute Gasteiger partial charge is 0.416 e. The quantitative estimate of drug-likeness (QED) is 0.812. The normalized spacial score (nSPS) is 15.8. The monoisotopic (exact) mass is 342 g/mol. The first-order chi connectivity index (χ1) is 11.7. The third kappa shape index (κ3) is 4.15. The summed E-state index contributed by atoms with van der Waals surface area (Å²) >= 11 is 1.19. The standard InChI is InChI=1S/C17H18N4O2S/c18-12-17(8-4-5-9-17)19-14(22)11-24-16-21-20-15(23-16)10-13-6-2-1-3-7-13/h1-3,6-7H,4-5,8-11H2,(H,19,22). The third-order valence-corrected chi connectivity index (χ3v) is 4.84. The van der Waals surface area contributed by atoms with E-state index in [0.717, 1.165) is 31.2 Å². The highest BCUT2D eigenvalue weighted by molar-refractivity contribution is 7.99. The molecule has 24 heavy (non-hydrogen) atoms. The molecular formula is C17H18N4O2S. The van der Waals surface area contributed by atoms with Crippen LogP contribution in [0.3, 0.4) is 0 Å². The Bertz CT molecular complexity index is 733. The number of carbonyl (C=O) groups is 1. The van der Waals surface area contributed by atoms with E-state index in [1.165, 1.54) is 11.8 Å². The zero-order chi connectivity index (χ0) is 16.8. The number of amides is 1. The Labute approximate surface area is 144 Å². The summed E-state index contributed by atoms with van der Waals surface area (Å²) in [6.07, 6.45) is 3.97. The minimum atomic E-state index is -0.690. The van der Waals surface area contributed by atoms with Crippen LogP contribution < -0.4 is 5.32 Å². The van der Waals surface area contributed by atoms with Gasteiger partial charge in [-0.2, -0.15) is 5.26 Å². The van der Waals surface area contributed by atoms with Crippen LogP contribution in [0.5, 0.6) is 0 Å². The summed E-state index contributed by atoms with van der Waals surface area (Å²) in [5.74, 6) is 0.510. The van der Waals surface area contributed by atoms with Crippen molar-refractivity contribution in [3.8, 4) is 6.07 Å². The second-order valence-corrected chi connectivity index (χ2v) is 6.79. The van der Waals surface area contributed by atoms with Crippen LogP contribution in [-0.4, -0.2) is 27.4 Å². The van der Waals surface area contributed by atoms with Crippen molar-refractivity contribution in [2.75, 3.05) is 5.75 Å². The summed E-state index contributed by atoms with van der Waals surface area (Å²) in [7, 11) is 0. The lowest BCUT2D eigenvalue weighted by Crippen LogP contribution is -2.45. The van der Waals surface area contributed by atoms with Gasteiger partial charge < -0.3 is 9.73 Å². The van der Waals surface area contributed by atoms with Gasteiger partial charge in [-0.25, -0.2) is 0 Å². The summed E-state index contributed by atoms with van der Waals surface area (Å²) in [5.41, 5.74) is 0.401. The van der Waals surface area contributed by atoms with Crippen molar-refractivity contribution < 1.29 is 9.21 Å². The molecule has 1 aromatic carbocycles. The fourth-order valence-corrected chi connectivity index (χ4v) is 3.39. The van der Waals surface area contributed by atoms with Crippen LogP contribution in [0.25, 0.3) is 0 Å². The number of nitrogens with one attached hydrogen (secondary N) is 1. The van der Waals surface area contributed by atoms with Crippen molar-refractivity contribution in [2.45, 2.75) is 42.9 Å². The maximum atomic E-state index is 12.1. The summed E-state index contributed by atoms with van der Waals surface area (Å²) in [6.45, 7) is 0. The number of hydrogen-bond acceptors (Lipinski definition) is 6. The molecule has 0 saturated heterocycles. The van der Waals surface area contributed by atoms with Crippen LogP contribution in [0.15, 0.2) is 40.0 Å². The molecule has 0 bridgehead atoms. The van der Waals surface area contributed by atoms with Gasteiger partial charge in [0.25, 0.3) is 5.22 Å². The number of rotatable bonds is 6. The Hall–Kier alpha value is -2.33. The smallest absolute Gasteiger partial charge is 0.277 e. The Morgan fingerprint density at radius 2 is 2.04 bits per heavy atom. The molecule has 124 valence electrons. The van der Waals surface area contributed by atoms with Gasteiger partial charge >= 0.3 is 0 Å². The number of aromatic nitrogens is 2. The Kier molecular flexibility index (Phi) is 5.16. The first-order valence-electron chi connectivity index (χ1n) is 7.90. The van der Waals surface area contributed by atoms with E-state index < -0.39 is 5.54 Å². The highest BCUT2D eigenvalue weighted by Gasteiger charge is 2.35. The summed E-state index contributed by atoms with van der Waals surface area (Å²) in [4.78, 5) is 12.1. The summed E-state index contributed by atoms with van der Waals surface area (Å²) in [6, 6.07) is 12.1. The molecule has 0 aliphatic heterocycles. The molecule has 0 unspecified atom stereocenters. The van der Waals surface area contributed by atoms with Crippen LogP contribution in [0, 0.1) is 11.3 Å². The van der Waals surface area contributed by atoms with Gasteiger partial charge in [-0.1, -0.05) is 42.1 Å². The lowest BCUT2D eigenvalue weighted by Gasteiger charge is -2.21. The van der Waals surface area contributed by atoms with Gasteiger partial charge in [-0.15, -0.1) is 10.2 Å². The lowest BCUT2D eigenvalue weighted by atomic mass is 10.0. The fraction of sp³-hybridized carbons (Fsp3) is 0.412. The van der Waals surface area contributed by atoms with Gasteiger partial charge in [0, 0.05) is 0 Å². The van der Waals surface area contributed by atoms with Crippen molar-refractivity contribution >= 4 is 17.7 Å². The number of thioether (sulfide) groups is 1. The molecule has 1 N–H and O–H groups in total. The van der Waals surface area contributed by atoms with Crippen molar-refractivity contribution in [1.29, 1.82) is 5.26 Å². The van der Waals surface area contributed by atoms with Gasteiger partial charge in [0.1, 0.15) is 5.54 Å². The topological polar surface area (TPSA) is 91.8 Å². The lowest BCUT2D eigenvalue weighted by molar-refractivity contribution is -0.119. The molecule has 1 saturated carbocycles. The molecule has 1 aliphatic rings. The predicted octanol–water partition coefficient (Wildman–Crippen LogP) is 2.71. The van der Waals surface area contributed by atoms with Crippen molar-refractivity contribution in [3.63, 3.8) is 0 Å². The fourth-order valence-electron chi connectivity index (χ4n) is 2.81. The first-order valence-corrected chi connectivity index (χ1v) is 8.89. The average Bonchev–Trinajstić information content (AvgIpc) is 3.24. The number of nitriles is 1. The maximum absolute atomic E-state index is 12.1. The van der Waals surface area contributed by atoms with E-state index in [4.69, 9.17) is 4.42 Å². The third-order valence-electron chi connectivity index (χ3n) is 4.02. The van der Waals surface area contributed by atoms with Gasteiger partial charge in [-0.3, -0.25) is 4.79 Å². The molecule has 7 heteroatoms. The summed E-state index contributed by atoms with van der Waals surface area (Å²) in [5, 5.41) is 20.5. The van der Waals surface area contributed by atoms with Crippen LogP contribution in [0.1, 0.15) is 37.1 Å². The number of hydrogen-bond donors (Lipinski definition) is 1. The number of nitrogens with zero attached hydrogens (tertiary/aromatic N) is 3. The molecule has 3 rings (SSSR count). The van der Waals surface area contributed by atoms with E-state index >= 15 is 0 Å². The second kappa shape index (κ2) is 7.49. The van der Waals surface area contributed by atoms with Crippen molar-refractivity contribution in [3.05, 3.63) is 41.8 Å². The molecule has 1 heterocycles. The van der Waals surface area contributed by atoms with Gasteiger partial charge in [0.05, 0.1) is 18.2 Å². The second-order valence-electron chi connectivity index (χ2n) is 5.86. The number of benzene rings is 1. The zero-order valence-electron chi connectivity index (χ0n) is 13.2. The number of carbonyl (C=O) groups excluding carboxylic acids is 1. The van der Waals surface area contributed by atoms with Crippen LogP contribution in [0.4, 0.5) is 0 Å². The zero-order valence-corrected chi connectivity index (χ0v) is 14.0. The molecule has 6 nitrogen and oxygen atoms in total. The van der Waals surface area contributed by atoms with E-state index in [9.17, 15) is 10.1 Å². The molecule has 0 spiro atoms. The predicted molar refractivity (Wildman–Crippen MR) is 89.2 cm³/mol. The van der Waals surface area contributed by atoms with Crippen molar-refractivity contribution in [2.24, 2.45) is 0 Å². The first kappa shape index (κ1) is 16.5. The van der Waals surface area contributed by atoms with Gasteiger partial charge in [0.2, 0.25) is 11.8 Å². The molecule has 0 atom stereocenters. The Balaban J connectivity index is 1.50. The Morgan fingerprint density at radius 1 is 1.29 bits per heavy atom. The Morgan fingerprint density at radius 3 is 2.75 bits per heavy atom. The minimum Gasteiger partial charge on any atom is -0.416 e. The van der Waals surface area contributed by atoms with E-state index in [0.29, 0.717) is 17.5 Å². The molecule has 2 aromatic rings. The molecular weight excluding hydrogens is 324 g/mol. The molecule has 1 fully saturated rings. The highest BCUT2D eigenvalue weighted by atomic mass is 32.2.